The lowest BCUT2D eigenvalue weighted by atomic mass is 9.96. The molecule has 1 aliphatic rings. The third-order valence-corrected chi connectivity index (χ3v) is 6.70. The van der Waals surface area contributed by atoms with Crippen LogP contribution in [-0.2, 0) is 4.79 Å². The summed E-state index contributed by atoms with van der Waals surface area (Å²) >= 11 is 0. The summed E-state index contributed by atoms with van der Waals surface area (Å²) in [5.41, 5.74) is 5.81. The number of carbonyl (C=O) groups is 1. The van der Waals surface area contributed by atoms with Gasteiger partial charge in [0.25, 0.3) is 5.91 Å². The van der Waals surface area contributed by atoms with Gasteiger partial charge in [-0.3, -0.25) is 9.69 Å². The van der Waals surface area contributed by atoms with Crippen LogP contribution in [0.25, 0.3) is 16.9 Å². The third kappa shape index (κ3) is 4.86. The number of benzene rings is 3. The van der Waals surface area contributed by atoms with Crippen LogP contribution in [0, 0.1) is 0 Å². The van der Waals surface area contributed by atoms with Crippen molar-refractivity contribution in [3.8, 4) is 16.9 Å². The van der Waals surface area contributed by atoms with Gasteiger partial charge in [-0.2, -0.15) is 10.2 Å². The molecule has 1 amide bonds. The summed E-state index contributed by atoms with van der Waals surface area (Å²) < 4.78 is 1.91. The highest BCUT2D eigenvalue weighted by atomic mass is 16.2. The molecule has 0 unspecified atom stereocenters. The summed E-state index contributed by atoms with van der Waals surface area (Å²) in [5, 5.41) is 11.6. The molecule has 3 aromatic carbocycles. The molecule has 6 nitrogen and oxygen atoms in total. The Morgan fingerprint density at radius 1 is 0.861 bits per heavy atom. The van der Waals surface area contributed by atoms with Crippen LogP contribution in [0.3, 0.4) is 0 Å². The Balaban J connectivity index is 1.59. The van der Waals surface area contributed by atoms with Gasteiger partial charge in [-0.15, -0.1) is 0 Å². The highest BCUT2D eigenvalue weighted by Crippen LogP contribution is 2.38. The standard InChI is InChI=1S/C30H31N5O/c1-3-33(4-2)22-29(36)35-28(20-27(31-35)23-14-8-5-9-15-23)26-21-34(25-18-12-7-13-19-25)32-30(26)24-16-10-6-11-17-24/h5-19,21,28H,3-4,20,22H2,1-2H3/t28-/m1/s1. The molecular weight excluding hydrogens is 446 g/mol. The first-order valence-electron chi connectivity index (χ1n) is 12.6. The molecule has 4 aromatic rings. The summed E-state index contributed by atoms with van der Waals surface area (Å²) in [4.78, 5) is 15.7. The Labute approximate surface area is 212 Å². The third-order valence-electron chi connectivity index (χ3n) is 6.70. The molecule has 0 saturated heterocycles. The summed E-state index contributed by atoms with van der Waals surface area (Å²) in [7, 11) is 0. The Bertz CT molecular complexity index is 1330. The van der Waals surface area contributed by atoms with Gasteiger partial charge in [0.15, 0.2) is 0 Å². The SMILES string of the molecule is CCN(CC)CC(=O)N1N=C(c2ccccc2)C[C@@H]1c1cn(-c2ccccc2)nc1-c1ccccc1. The first-order chi connectivity index (χ1) is 17.7. The number of likely N-dealkylation sites (N-methyl/N-ethyl adjacent to an activating group) is 1. The minimum atomic E-state index is -0.240. The van der Waals surface area contributed by atoms with Gasteiger partial charge in [-0.1, -0.05) is 92.7 Å². The molecule has 5 rings (SSSR count). The van der Waals surface area contributed by atoms with E-state index in [9.17, 15) is 4.79 Å². The highest BCUT2D eigenvalue weighted by Gasteiger charge is 2.36. The normalized spacial score (nSPS) is 15.4. The number of amides is 1. The second kappa shape index (κ2) is 10.7. The van der Waals surface area contributed by atoms with E-state index in [0.717, 1.165) is 46.9 Å². The number of carbonyl (C=O) groups excluding carboxylic acids is 1. The van der Waals surface area contributed by atoms with Gasteiger partial charge in [-0.05, 0) is 30.8 Å². The molecule has 0 bridgehead atoms. The summed E-state index contributed by atoms with van der Waals surface area (Å²) in [6.45, 7) is 6.12. The molecule has 0 aliphatic carbocycles. The Hall–Kier alpha value is -4.03. The maximum Gasteiger partial charge on any atom is 0.257 e. The van der Waals surface area contributed by atoms with Gasteiger partial charge >= 0.3 is 0 Å². The topological polar surface area (TPSA) is 53.7 Å². The van der Waals surface area contributed by atoms with E-state index in [2.05, 4.69) is 49.2 Å². The summed E-state index contributed by atoms with van der Waals surface area (Å²) in [6.07, 6.45) is 2.69. The Morgan fingerprint density at radius 2 is 1.44 bits per heavy atom. The lowest BCUT2D eigenvalue weighted by Gasteiger charge is -2.25. The second-order valence-electron chi connectivity index (χ2n) is 8.91. The fourth-order valence-electron chi connectivity index (χ4n) is 4.66. The first kappa shape index (κ1) is 23.7. The highest BCUT2D eigenvalue weighted by molar-refractivity contribution is 6.03. The van der Waals surface area contributed by atoms with Gasteiger partial charge in [0.2, 0.25) is 0 Å². The van der Waals surface area contributed by atoms with Crippen molar-refractivity contribution in [2.45, 2.75) is 26.3 Å². The summed E-state index contributed by atoms with van der Waals surface area (Å²) in [5.74, 6) is 0.00102. The molecule has 1 aromatic heterocycles. The molecule has 0 spiro atoms. The molecule has 36 heavy (non-hydrogen) atoms. The van der Waals surface area contributed by atoms with Crippen molar-refractivity contribution in [1.82, 2.24) is 19.7 Å². The van der Waals surface area contributed by atoms with Crippen LogP contribution in [0.4, 0.5) is 0 Å². The van der Waals surface area contributed by atoms with Gasteiger partial charge in [-0.25, -0.2) is 9.69 Å². The molecule has 0 radical (unpaired) electrons. The van der Waals surface area contributed by atoms with Gasteiger partial charge in [0, 0.05) is 23.7 Å². The van der Waals surface area contributed by atoms with Crippen molar-refractivity contribution < 1.29 is 4.79 Å². The maximum absolute atomic E-state index is 13.6. The fourth-order valence-corrected chi connectivity index (χ4v) is 4.66. The van der Waals surface area contributed by atoms with E-state index < -0.39 is 0 Å². The Kier molecular flexibility index (Phi) is 7.05. The number of para-hydroxylation sites is 1. The van der Waals surface area contributed by atoms with E-state index in [1.165, 1.54) is 0 Å². The van der Waals surface area contributed by atoms with Crippen LogP contribution in [-0.4, -0.2) is 50.9 Å². The molecular formula is C30H31N5O. The van der Waals surface area contributed by atoms with E-state index in [0.29, 0.717) is 13.0 Å². The first-order valence-corrected chi connectivity index (χ1v) is 12.6. The minimum absolute atomic E-state index is 0.00102. The van der Waals surface area contributed by atoms with Crippen molar-refractivity contribution >= 4 is 11.6 Å². The maximum atomic E-state index is 13.6. The molecule has 0 fully saturated rings. The number of hydrogen-bond donors (Lipinski definition) is 0. The van der Waals surface area contributed by atoms with Crippen LogP contribution in [0.2, 0.25) is 0 Å². The smallest absolute Gasteiger partial charge is 0.257 e. The average molecular weight is 478 g/mol. The zero-order chi connectivity index (χ0) is 24.9. The zero-order valence-corrected chi connectivity index (χ0v) is 20.8. The second-order valence-corrected chi connectivity index (χ2v) is 8.91. The summed E-state index contributed by atoms with van der Waals surface area (Å²) in [6, 6.07) is 30.1. The average Bonchev–Trinajstić information content (AvgIpc) is 3.58. The van der Waals surface area contributed by atoms with Crippen LogP contribution in [0.5, 0.6) is 0 Å². The monoisotopic (exact) mass is 477 g/mol. The molecule has 2 heterocycles. The fraction of sp³-hybridized carbons (Fsp3) is 0.233. The van der Waals surface area contributed by atoms with Crippen molar-refractivity contribution in [2.24, 2.45) is 5.10 Å². The van der Waals surface area contributed by atoms with Crippen LogP contribution < -0.4 is 0 Å². The van der Waals surface area contributed by atoms with Gasteiger partial charge in [0.05, 0.1) is 29.7 Å². The molecule has 0 N–H and O–H groups in total. The lowest BCUT2D eigenvalue weighted by molar-refractivity contribution is -0.134. The van der Waals surface area contributed by atoms with E-state index in [1.807, 2.05) is 71.4 Å². The zero-order valence-electron chi connectivity index (χ0n) is 20.8. The predicted molar refractivity (Wildman–Crippen MR) is 144 cm³/mol. The quantitative estimate of drug-likeness (QED) is 0.334. The molecule has 1 atom stereocenters. The number of hydrogen-bond acceptors (Lipinski definition) is 4. The molecule has 6 heteroatoms. The van der Waals surface area contributed by atoms with Gasteiger partial charge < -0.3 is 0 Å². The van der Waals surface area contributed by atoms with Crippen LogP contribution in [0.1, 0.15) is 37.4 Å². The number of nitrogens with zero attached hydrogens (tertiary/aromatic N) is 5. The Morgan fingerprint density at radius 3 is 2.06 bits per heavy atom. The van der Waals surface area contributed by atoms with Gasteiger partial charge in [0.1, 0.15) is 0 Å². The molecule has 182 valence electrons. The number of hydrazone groups is 1. The number of rotatable bonds is 8. The lowest BCUT2D eigenvalue weighted by Crippen LogP contribution is -2.38. The largest absolute Gasteiger partial charge is 0.295 e. The minimum Gasteiger partial charge on any atom is -0.295 e. The van der Waals surface area contributed by atoms with Crippen molar-refractivity contribution in [3.05, 3.63) is 108 Å². The van der Waals surface area contributed by atoms with Crippen molar-refractivity contribution in [3.63, 3.8) is 0 Å². The molecule has 1 aliphatic heterocycles. The van der Waals surface area contributed by atoms with Crippen LogP contribution in [0.15, 0.2) is 102 Å². The van der Waals surface area contributed by atoms with Crippen LogP contribution >= 0.6 is 0 Å². The van der Waals surface area contributed by atoms with E-state index >= 15 is 0 Å². The van der Waals surface area contributed by atoms with Crippen molar-refractivity contribution in [2.75, 3.05) is 19.6 Å². The van der Waals surface area contributed by atoms with E-state index in [4.69, 9.17) is 10.2 Å². The van der Waals surface area contributed by atoms with E-state index in [1.54, 1.807) is 5.01 Å². The van der Waals surface area contributed by atoms with E-state index in [-0.39, 0.29) is 11.9 Å². The number of aromatic nitrogens is 2. The predicted octanol–water partition coefficient (Wildman–Crippen LogP) is 5.56. The molecule has 0 saturated carbocycles. The van der Waals surface area contributed by atoms with Crippen molar-refractivity contribution in [1.29, 1.82) is 0 Å².